The van der Waals surface area contributed by atoms with Crippen molar-refractivity contribution in [3.8, 4) is 0 Å². The van der Waals surface area contributed by atoms with Gasteiger partial charge in [-0.1, -0.05) is 50.6 Å². The van der Waals surface area contributed by atoms with Crippen molar-refractivity contribution in [2.45, 2.75) is 33.7 Å². The highest BCUT2D eigenvalue weighted by atomic mass is 35.5. The van der Waals surface area contributed by atoms with E-state index in [0.717, 1.165) is 31.7 Å². The lowest BCUT2D eigenvalue weighted by molar-refractivity contribution is -0.141. The lowest BCUT2D eigenvalue weighted by Crippen LogP contribution is -2.52. The molecule has 1 aliphatic heterocycles. The zero-order valence-electron chi connectivity index (χ0n) is 15.3. The first kappa shape index (κ1) is 19.7. The minimum absolute atomic E-state index is 0.0214. The summed E-state index contributed by atoms with van der Waals surface area (Å²) in [5.41, 5.74) is 0.590. The van der Waals surface area contributed by atoms with Crippen LogP contribution in [0, 0.1) is 5.41 Å². The quantitative estimate of drug-likeness (QED) is 0.872. The van der Waals surface area contributed by atoms with Crippen molar-refractivity contribution in [3.05, 3.63) is 34.9 Å². The maximum Gasteiger partial charge on any atom is 0.228 e. The molecule has 2 amide bonds. The molecule has 1 aromatic carbocycles. The van der Waals surface area contributed by atoms with Crippen molar-refractivity contribution in [2.24, 2.45) is 5.41 Å². The SMILES string of the molecule is CC(C)(C)C(=O)N1CCN(CCC(=O)NCc2ccccc2Cl)CC1. The van der Waals surface area contributed by atoms with Gasteiger partial charge in [0.2, 0.25) is 11.8 Å². The largest absolute Gasteiger partial charge is 0.352 e. The number of benzene rings is 1. The number of piperazine rings is 1. The Balaban J connectivity index is 1.68. The van der Waals surface area contributed by atoms with E-state index < -0.39 is 0 Å². The number of rotatable bonds is 5. The van der Waals surface area contributed by atoms with Crippen LogP contribution in [-0.4, -0.2) is 54.3 Å². The predicted molar refractivity (Wildman–Crippen MR) is 100 cm³/mol. The molecule has 0 unspecified atom stereocenters. The van der Waals surface area contributed by atoms with Crippen molar-refractivity contribution in [1.82, 2.24) is 15.1 Å². The van der Waals surface area contributed by atoms with Crippen LogP contribution >= 0.6 is 11.6 Å². The molecule has 0 spiro atoms. The van der Waals surface area contributed by atoms with Gasteiger partial charge in [0.1, 0.15) is 0 Å². The second-order valence-corrected chi connectivity index (χ2v) is 7.91. The number of hydrogen-bond acceptors (Lipinski definition) is 3. The summed E-state index contributed by atoms with van der Waals surface area (Å²) in [6.07, 6.45) is 0.456. The standard InChI is InChI=1S/C19H28ClN3O2/c1-19(2,3)18(25)23-12-10-22(11-13-23)9-8-17(24)21-14-15-6-4-5-7-16(15)20/h4-7H,8-14H2,1-3H3,(H,21,24). The molecule has 1 fully saturated rings. The molecule has 2 rings (SSSR count). The van der Waals surface area contributed by atoms with Gasteiger partial charge in [0.25, 0.3) is 0 Å². The monoisotopic (exact) mass is 365 g/mol. The van der Waals surface area contributed by atoms with Gasteiger partial charge < -0.3 is 10.2 Å². The first-order valence-corrected chi connectivity index (χ1v) is 9.17. The highest BCUT2D eigenvalue weighted by Crippen LogP contribution is 2.18. The summed E-state index contributed by atoms with van der Waals surface area (Å²) in [5, 5.41) is 3.58. The van der Waals surface area contributed by atoms with Gasteiger partial charge in [0.05, 0.1) is 0 Å². The van der Waals surface area contributed by atoms with E-state index in [0.29, 0.717) is 24.5 Å². The van der Waals surface area contributed by atoms with Crippen LogP contribution in [0.5, 0.6) is 0 Å². The second-order valence-electron chi connectivity index (χ2n) is 7.50. The van der Waals surface area contributed by atoms with E-state index in [9.17, 15) is 9.59 Å². The molecule has 1 saturated heterocycles. The third-order valence-corrected chi connectivity index (χ3v) is 4.76. The Morgan fingerprint density at radius 3 is 2.36 bits per heavy atom. The van der Waals surface area contributed by atoms with E-state index in [-0.39, 0.29) is 17.2 Å². The number of hydrogen-bond donors (Lipinski definition) is 1. The molecule has 1 aliphatic rings. The van der Waals surface area contributed by atoms with Gasteiger partial charge in [-0.2, -0.15) is 0 Å². The van der Waals surface area contributed by atoms with E-state index in [1.165, 1.54) is 0 Å². The molecule has 25 heavy (non-hydrogen) atoms. The van der Waals surface area contributed by atoms with Gasteiger partial charge in [-0.15, -0.1) is 0 Å². The number of nitrogens with zero attached hydrogens (tertiary/aromatic N) is 2. The van der Waals surface area contributed by atoms with Crippen molar-refractivity contribution in [3.63, 3.8) is 0 Å². The van der Waals surface area contributed by atoms with Crippen LogP contribution in [0.4, 0.5) is 0 Å². The van der Waals surface area contributed by atoms with E-state index in [2.05, 4.69) is 10.2 Å². The number of amides is 2. The zero-order valence-corrected chi connectivity index (χ0v) is 16.1. The first-order chi connectivity index (χ1) is 11.8. The fraction of sp³-hybridized carbons (Fsp3) is 0.579. The van der Waals surface area contributed by atoms with Crippen LogP contribution in [0.3, 0.4) is 0 Å². The molecule has 5 nitrogen and oxygen atoms in total. The van der Waals surface area contributed by atoms with Gasteiger partial charge in [-0.3, -0.25) is 14.5 Å². The highest BCUT2D eigenvalue weighted by molar-refractivity contribution is 6.31. The number of carbonyl (C=O) groups is 2. The molecule has 0 saturated carbocycles. The summed E-state index contributed by atoms with van der Waals surface area (Å²) in [6.45, 7) is 10.1. The van der Waals surface area contributed by atoms with Crippen molar-refractivity contribution in [1.29, 1.82) is 0 Å². The third kappa shape index (κ3) is 6.01. The van der Waals surface area contributed by atoms with Crippen LogP contribution in [0.1, 0.15) is 32.8 Å². The maximum absolute atomic E-state index is 12.3. The number of nitrogens with one attached hydrogen (secondary N) is 1. The highest BCUT2D eigenvalue weighted by Gasteiger charge is 2.29. The van der Waals surface area contributed by atoms with Crippen LogP contribution < -0.4 is 5.32 Å². The van der Waals surface area contributed by atoms with Crippen LogP contribution in [0.15, 0.2) is 24.3 Å². The molecular formula is C19H28ClN3O2. The fourth-order valence-electron chi connectivity index (χ4n) is 2.83. The average molecular weight is 366 g/mol. The molecule has 0 atom stereocenters. The van der Waals surface area contributed by atoms with E-state index in [1.807, 2.05) is 49.9 Å². The Hall–Kier alpha value is -1.59. The average Bonchev–Trinajstić information content (AvgIpc) is 2.58. The van der Waals surface area contributed by atoms with E-state index in [1.54, 1.807) is 0 Å². The Morgan fingerprint density at radius 2 is 1.76 bits per heavy atom. The van der Waals surface area contributed by atoms with Crippen molar-refractivity contribution < 1.29 is 9.59 Å². The Bertz CT molecular complexity index is 605. The minimum atomic E-state index is -0.333. The zero-order chi connectivity index (χ0) is 18.4. The second kappa shape index (κ2) is 8.68. The van der Waals surface area contributed by atoms with Gasteiger partial charge >= 0.3 is 0 Å². The Morgan fingerprint density at radius 1 is 1.12 bits per heavy atom. The third-order valence-electron chi connectivity index (χ3n) is 4.39. The Kier molecular flexibility index (Phi) is 6.85. The summed E-state index contributed by atoms with van der Waals surface area (Å²) in [5.74, 6) is 0.220. The molecule has 138 valence electrons. The summed E-state index contributed by atoms with van der Waals surface area (Å²) < 4.78 is 0. The number of halogens is 1. The summed E-state index contributed by atoms with van der Waals surface area (Å²) in [4.78, 5) is 28.5. The number of carbonyl (C=O) groups excluding carboxylic acids is 2. The summed E-state index contributed by atoms with van der Waals surface area (Å²) in [6, 6.07) is 7.51. The normalized spacial score (nSPS) is 15.9. The summed E-state index contributed by atoms with van der Waals surface area (Å²) in [7, 11) is 0. The van der Waals surface area contributed by atoms with E-state index >= 15 is 0 Å². The van der Waals surface area contributed by atoms with Crippen LogP contribution in [-0.2, 0) is 16.1 Å². The lowest BCUT2D eigenvalue weighted by Gasteiger charge is -2.37. The summed E-state index contributed by atoms with van der Waals surface area (Å²) >= 11 is 6.09. The van der Waals surface area contributed by atoms with Crippen molar-refractivity contribution in [2.75, 3.05) is 32.7 Å². The maximum atomic E-state index is 12.3. The molecule has 1 aromatic rings. The molecule has 0 aliphatic carbocycles. The first-order valence-electron chi connectivity index (χ1n) is 8.79. The molecule has 1 N–H and O–H groups in total. The molecule has 0 aromatic heterocycles. The van der Waals surface area contributed by atoms with Gasteiger partial charge in [-0.25, -0.2) is 0 Å². The fourth-order valence-corrected chi connectivity index (χ4v) is 3.04. The van der Waals surface area contributed by atoms with Gasteiger partial charge in [0, 0.05) is 56.1 Å². The lowest BCUT2D eigenvalue weighted by atomic mass is 9.94. The Labute approximate surface area is 155 Å². The molecule has 0 radical (unpaired) electrons. The van der Waals surface area contributed by atoms with Crippen molar-refractivity contribution >= 4 is 23.4 Å². The molecule has 0 bridgehead atoms. The van der Waals surface area contributed by atoms with Gasteiger partial charge in [-0.05, 0) is 11.6 Å². The smallest absolute Gasteiger partial charge is 0.228 e. The topological polar surface area (TPSA) is 52.7 Å². The predicted octanol–water partition coefficient (Wildman–Crippen LogP) is 2.54. The molecular weight excluding hydrogens is 338 g/mol. The van der Waals surface area contributed by atoms with Crippen LogP contribution in [0.25, 0.3) is 0 Å². The molecule has 1 heterocycles. The molecule has 6 heteroatoms. The van der Waals surface area contributed by atoms with Crippen LogP contribution in [0.2, 0.25) is 5.02 Å². The minimum Gasteiger partial charge on any atom is -0.352 e. The van der Waals surface area contributed by atoms with E-state index in [4.69, 9.17) is 11.6 Å². The van der Waals surface area contributed by atoms with Gasteiger partial charge in [0.15, 0.2) is 0 Å².